The molecule has 3 nitrogen and oxygen atoms in total. The third-order valence-corrected chi connectivity index (χ3v) is 3.22. The van der Waals surface area contributed by atoms with Crippen molar-refractivity contribution in [1.29, 1.82) is 0 Å². The molecule has 0 saturated heterocycles. The Bertz CT molecular complexity index is 440. The van der Waals surface area contributed by atoms with Crippen LogP contribution in [0.1, 0.15) is 43.9 Å². The molecule has 0 atom stereocenters. The molecule has 0 spiro atoms. The van der Waals surface area contributed by atoms with Gasteiger partial charge in [-0.05, 0) is 46.6 Å². The first-order valence-corrected chi connectivity index (χ1v) is 7.28. The fourth-order valence-electron chi connectivity index (χ4n) is 2.47. The molecule has 3 heteroatoms. The lowest BCUT2D eigenvalue weighted by Gasteiger charge is -2.28. The molecule has 0 unspecified atom stereocenters. The van der Waals surface area contributed by atoms with Gasteiger partial charge in [-0.15, -0.1) is 0 Å². The molecule has 0 saturated carbocycles. The van der Waals surface area contributed by atoms with Crippen LogP contribution in [0.3, 0.4) is 0 Å². The number of aryl methyl sites for hydroxylation is 3. The van der Waals surface area contributed by atoms with Gasteiger partial charge in [0.25, 0.3) is 0 Å². The van der Waals surface area contributed by atoms with Crippen LogP contribution in [0, 0.1) is 13.8 Å². The Kier molecular flexibility index (Phi) is 5.75. The summed E-state index contributed by atoms with van der Waals surface area (Å²) in [5.74, 6) is 0.105. The number of hydrogen-bond acceptors (Lipinski definition) is 2. The third kappa shape index (κ3) is 5.74. The molecule has 1 rings (SSSR count). The second-order valence-electron chi connectivity index (χ2n) is 6.22. The number of benzene rings is 1. The van der Waals surface area contributed by atoms with Gasteiger partial charge in [0.1, 0.15) is 0 Å². The molecule has 1 aromatic rings. The number of amides is 1. The van der Waals surface area contributed by atoms with E-state index in [1.54, 1.807) is 18.7 Å². The van der Waals surface area contributed by atoms with E-state index in [9.17, 15) is 9.90 Å². The van der Waals surface area contributed by atoms with E-state index in [0.717, 1.165) is 6.42 Å². The first-order chi connectivity index (χ1) is 9.21. The minimum Gasteiger partial charge on any atom is -0.389 e. The van der Waals surface area contributed by atoms with Crippen LogP contribution in [0.25, 0.3) is 0 Å². The number of aliphatic hydroxyl groups is 1. The monoisotopic (exact) mass is 277 g/mol. The summed E-state index contributed by atoms with van der Waals surface area (Å²) < 4.78 is 0. The first-order valence-electron chi connectivity index (χ1n) is 7.28. The second-order valence-corrected chi connectivity index (χ2v) is 6.22. The molecule has 1 N–H and O–H groups in total. The Morgan fingerprint density at radius 3 is 2.20 bits per heavy atom. The highest BCUT2D eigenvalue weighted by Crippen LogP contribution is 2.12. The number of nitrogens with zero attached hydrogens (tertiary/aromatic N) is 1. The zero-order valence-corrected chi connectivity index (χ0v) is 13.4. The normalized spacial score (nSPS) is 11.5. The van der Waals surface area contributed by atoms with Crippen molar-refractivity contribution in [2.75, 3.05) is 13.1 Å². The molecule has 1 amide bonds. The standard InChI is InChI=1S/C17H27NO2/c1-6-18(12-17(4,5)20)16(19)8-7-15-10-13(2)9-14(3)11-15/h9-11,20H,6-8,12H2,1-5H3. The van der Waals surface area contributed by atoms with Crippen molar-refractivity contribution in [3.63, 3.8) is 0 Å². The molecule has 112 valence electrons. The van der Waals surface area contributed by atoms with Gasteiger partial charge in [0, 0.05) is 19.5 Å². The summed E-state index contributed by atoms with van der Waals surface area (Å²) >= 11 is 0. The summed E-state index contributed by atoms with van der Waals surface area (Å²) in [6.45, 7) is 10.6. The van der Waals surface area contributed by atoms with Gasteiger partial charge < -0.3 is 10.0 Å². The zero-order chi connectivity index (χ0) is 15.3. The number of carbonyl (C=O) groups excluding carboxylic acids is 1. The van der Waals surface area contributed by atoms with E-state index in [0.29, 0.717) is 19.5 Å². The van der Waals surface area contributed by atoms with Crippen LogP contribution in [-0.2, 0) is 11.2 Å². The number of hydrogen-bond donors (Lipinski definition) is 1. The minimum atomic E-state index is -0.842. The van der Waals surface area contributed by atoms with E-state index in [2.05, 4.69) is 32.0 Å². The average molecular weight is 277 g/mol. The topological polar surface area (TPSA) is 40.5 Å². The molecular weight excluding hydrogens is 250 g/mol. The molecule has 20 heavy (non-hydrogen) atoms. The summed E-state index contributed by atoms with van der Waals surface area (Å²) in [7, 11) is 0. The number of likely N-dealkylation sites (N-methyl/N-ethyl adjacent to an activating group) is 1. The Balaban J connectivity index is 2.61. The molecule has 0 fully saturated rings. The van der Waals surface area contributed by atoms with Crippen LogP contribution in [0.2, 0.25) is 0 Å². The van der Waals surface area contributed by atoms with Crippen molar-refractivity contribution in [2.45, 2.75) is 53.1 Å². The largest absolute Gasteiger partial charge is 0.389 e. The average Bonchev–Trinajstić information content (AvgIpc) is 2.30. The lowest BCUT2D eigenvalue weighted by molar-refractivity contribution is -0.133. The van der Waals surface area contributed by atoms with Crippen LogP contribution in [-0.4, -0.2) is 34.6 Å². The molecule has 0 bridgehead atoms. The van der Waals surface area contributed by atoms with Gasteiger partial charge in [-0.1, -0.05) is 29.3 Å². The van der Waals surface area contributed by atoms with Gasteiger partial charge in [-0.3, -0.25) is 4.79 Å². The number of rotatable bonds is 6. The highest BCUT2D eigenvalue weighted by Gasteiger charge is 2.20. The molecule has 1 aromatic carbocycles. The van der Waals surface area contributed by atoms with Crippen molar-refractivity contribution < 1.29 is 9.90 Å². The van der Waals surface area contributed by atoms with Crippen molar-refractivity contribution >= 4 is 5.91 Å². The van der Waals surface area contributed by atoms with Crippen molar-refractivity contribution in [3.05, 3.63) is 34.9 Å². The lowest BCUT2D eigenvalue weighted by Crippen LogP contribution is -2.42. The van der Waals surface area contributed by atoms with E-state index >= 15 is 0 Å². The highest BCUT2D eigenvalue weighted by molar-refractivity contribution is 5.76. The van der Waals surface area contributed by atoms with E-state index in [-0.39, 0.29) is 5.91 Å². The summed E-state index contributed by atoms with van der Waals surface area (Å²) in [5.41, 5.74) is 2.83. The molecule has 0 aliphatic rings. The van der Waals surface area contributed by atoms with Gasteiger partial charge in [0.2, 0.25) is 5.91 Å². The molecule has 0 aliphatic heterocycles. The van der Waals surface area contributed by atoms with Crippen molar-refractivity contribution in [2.24, 2.45) is 0 Å². The maximum atomic E-state index is 12.2. The zero-order valence-electron chi connectivity index (χ0n) is 13.4. The molecule has 0 aliphatic carbocycles. The SMILES string of the molecule is CCN(CC(C)(C)O)C(=O)CCc1cc(C)cc(C)c1. The third-order valence-electron chi connectivity index (χ3n) is 3.22. The van der Waals surface area contributed by atoms with E-state index in [4.69, 9.17) is 0 Å². The van der Waals surface area contributed by atoms with Gasteiger partial charge in [-0.25, -0.2) is 0 Å². The molecule has 0 heterocycles. The first kappa shape index (κ1) is 16.7. The van der Waals surface area contributed by atoms with E-state index in [1.165, 1.54) is 16.7 Å². The maximum Gasteiger partial charge on any atom is 0.222 e. The fraction of sp³-hybridized carbons (Fsp3) is 0.588. The molecular formula is C17H27NO2. The maximum absolute atomic E-state index is 12.2. The molecule has 0 radical (unpaired) electrons. The van der Waals surface area contributed by atoms with E-state index < -0.39 is 5.60 Å². The Morgan fingerprint density at radius 2 is 1.75 bits per heavy atom. The summed E-state index contributed by atoms with van der Waals surface area (Å²) in [6.07, 6.45) is 1.25. The Labute approximate surface area is 122 Å². The van der Waals surface area contributed by atoms with Crippen LogP contribution < -0.4 is 0 Å². The van der Waals surface area contributed by atoms with Crippen molar-refractivity contribution in [3.8, 4) is 0 Å². The van der Waals surface area contributed by atoms with Gasteiger partial charge in [0.05, 0.1) is 5.60 Å². The second kappa shape index (κ2) is 6.89. The summed E-state index contributed by atoms with van der Waals surface area (Å²) in [4.78, 5) is 13.9. The van der Waals surface area contributed by atoms with Crippen LogP contribution in [0.15, 0.2) is 18.2 Å². The predicted octanol–water partition coefficient (Wildman–Crippen LogP) is 2.86. The van der Waals surface area contributed by atoms with E-state index in [1.807, 2.05) is 6.92 Å². The summed E-state index contributed by atoms with van der Waals surface area (Å²) in [6, 6.07) is 6.40. The van der Waals surface area contributed by atoms with Crippen molar-refractivity contribution in [1.82, 2.24) is 4.90 Å². The van der Waals surface area contributed by atoms with Gasteiger partial charge >= 0.3 is 0 Å². The van der Waals surface area contributed by atoms with Crippen LogP contribution in [0.4, 0.5) is 0 Å². The summed E-state index contributed by atoms with van der Waals surface area (Å²) in [5, 5.41) is 9.83. The van der Waals surface area contributed by atoms with Crippen LogP contribution in [0.5, 0.6) is 0 Å². The van der Waals surface area contributed by atoms with Gasteiger partial charge in [0.15, 0.2) is 0 Å². The quantitative estimate of drug-likeness (QED) is 0.868. The smallest absolute Gasteiger partial charge is 0.222 e. The lowest BCUT2D eigenvalue weighted by atomic mass is 10.0. The fourth-order valence-corrected chi connectivity index (χ4v) is 2.47. The predicted molar refractivity (Wildman–Crippen MR) is 82.8 cm³/mol. The number of carbonyl (C=O) groups is 1. The minimum absolute atomic E-state index is 0.105. The van der Waals surface area contributed by atoms with Gasteiger partial charge in [-0.2, -0.15) is 0 Å². The Hall–Kier alpha value is -1.35. The van der Waals surface area contributed by atoms with Crippen LogP contribution >= 0.6 is 0 Å². The molecule has 0 aromatic heterocycles. The highest BCUT2D eigenvalue weighted by atomic mass is 16.3. The Morgan fingerprint density at radius 1 is 1.20 bits per heavy atom.